The normalized spacial score (nSPS) is 12.5. The van der Waals surface area contributed by atoms with Crippen LogP contribution in [-0.2, 0) is 6.54 Å². The van der Waals surface area contributed by atoms with Crippen molar-refractivity contribution in [3.8, 4) is 17.2 Å². The minimum atomic E-state index is -0.205. The van der Waals surface area contributed by atoms with Gasteiger partial charge in [-0.2, -0.15) is 0 Å². The Bertz CT molecular complexity index is 711. The third-order valence-electron chi connectivity index (χ3n) is 3.09. The lowest BCUT2D eigenvalue weighted by atomic mass is 10.2. The highest BCUT2D eigenvalue weighted by Gasteiger charge is 2.17. The van der Waals surface area contributed by atoms with E-state index in [-0.39, 0.29) is 12.4 Å². The second kappa shape index (κ2) is 5.09. The Labute approximate surface area is 120 Å². The first kappa shape index (κ1) is 12.9. The van der Waals surface area contributed by atoms with E-state index < -0.39 is 0 Å². The quantitative estimate of drug-likeness (QED) is 0.871. The first-order valence-electron chi connectivity index (χ1n) is 6.00. The highest BCUT2D eigenvalue weighted by atomic mass is 35.5. The van der Waals surface area contributed by atoms with Crippen molar-refractivity contribution in [3.63, 3.8) is 0 Å². The number of ether oxygens (including phenoxy) is 3. The van der Waals surface area contributed by atoms with E-state index in [2.05, 4.69) is 0 Å². The lowest BCUT2D eigenvalue weighted by Gasteiger charge is -2.10. The predicted octanol–water partition coefficient (Wildman–Crippen LogP) is 2.29. The van der Waals surface area contributed by atoms with E-state index in [0.29, 0.717) is 28.8 Å². The van der Waals surface area contributed by atoms with E-state index in [1.54, 1.807) is 30.5 Å². The first-order valence-corrected chi connectivity index (χ1v) is 6.38. The molecule has 0 saturated carbocycles. The molecule has 5 nitrogen and oxygen atoms in total. The fourth-order valence-electron chi connectivity index (χ4n) is 2.06. The number of rotatable bonds is 3. The SMILES string of the molecule is COc1cccn(Cc2cc3c(cc2Cl)OCO3)c1=O. The Morgan fingerprint density at radius 3 is 2.85 bits per heavy atom. The van der Waals surface area contributed by atoms with Gasteiger partial charge in [-0.25, -0.2) is 0 Å². The molecule has 0 atom stereocenters. The smallest absolute Gasteiger partial charge is 0.293 e. The standard InChI is InChI=1S/C14H12ClNO4/c1-18-11-3-2-4-16(14(11)17)7-9-5-12-13(6-10(9)15)20-8-19-12/h2-6H,7-8H2,1H3. The highest BCUT2D eigenvalue weighted by molar-refractivity contribution is 6.31. The fraction of sp³-hybridized carbons (Fsp3) is 0.214. The van der Waals surface area contributed by atoms with Crippen LogP contribution in [0.4, 0.5) is 0 Å². The first-order chi connectivity index (χ1) is 9.69. The van der Waals surface area contributed by atoms with Crippen LogP contribution in [-0.4, -0.2) is 18.5 Å². The predicted molar refractivity (Wildman–Crippen MR) is 73.9 cm³/mol. The van der Waals surface area contributed by atoms with Gasteiger partial charge in [-0.1, -0.05) is 11.6 Å². The van der Waals surface area contributed by atoms with Gasteiger partial charge in [-0.05, 0) is 23.8 Å². The molecule has 0 fully saturated rings. The van der Waals surface area contributed by atoms with Crippen LogP contribution in [0.5, 0.6) is 17.2 Å². The third kappa shape index (κ3) is 2.20. The second-order valence-corrected chi connectivity index (χ2v) is 4.71. The van der Waals surface area contributed by atoms with Crippen LogP contribution in [0, 0.1) is 0 Å². The minimum Gasteiger partial charge on any atom is -0.491 e. The fourth-order valence-corrected chi connectivity index (χ4v) is 2.27. The zero-order chi connectivity index (χ0) is 14.1. The van der Waals surface area contributed by atoms with Crippen molar-refractivity contribution < 1.29 is 14.2 Å². The molecule has 1 aromatic heterocycles. The van der Waals surface area contributed by atoms with Crippen molar-refractivity contribution in [3.05, 3.63) is 51.4 Å². The van der Waals surface area contributed by atoms with Gasteiger partial charge in [0.25, 0.3) is 5.56 Å². The van der Waals surface area contributed by atoms with Crippen LogP contribution in [0.15, 0.2) is 35.3 Å². The number of aromatic nitrogens is 1. The molecule has 0 bridgehead atoms. The molecule has 0 unspecified atom stereocenters. The molecule has 6 heteroatoms. The van der Waals surface area contributed by atoms with E-state index in [1.807, 2.05) is 0 Å². The van der Waals surface area contributed by atoms with Crippen molar-refractivity contribution in [2.24, 2.45) is 0 Å². The molecular formula is C14H12ClNO4. The van der Waals surface area contributed by atoms with Crippen LogP contribution >= 0.6 is 11.6 Å². The average molecular weight is 294 g/mol. The summed E-state index contributed by atoms with van der Waals surface area (Å²) >= 11 is 6.20. The molecule has 1 aliphatic heterocycles. The largest absolute Gasteiger partial charge is 0.491 e. The maximum Gasteiger partial charge on any atom is 0.293 e. The van der Waals surface area contributed by atoms with Crippen LogP contribution in [0.3, 0.4) is 0 Å². The van der Waals surface area contributed by atoms with Crippen LogP contribution in [0.2, 0.25) is 5.02 Å². The molecule has 0 spiro atoms. The lowest BCUT2D eigenvalue weighted by Crippen LogP contribution is -2.21. The van der Waals surface area contributed by atoms with Crippen molar-refractivity contribution in [2.75, 3.05) is 13.9 Å². The number of pyridine rings is 1. The second-order valence-electron chi connectivity index (χ2n) is 4.31. The zero-order valence-electron chi connectivity index (χ0n) is 10.8. The minimum absolute atomic E-state index is 0.189. The van der Waals surface area contributed by atoms with Gasteiger partial charge < -0.3 is 18.8 Å². The summed E-state index contributed by atoms with van der Waals surface area (Å²) in [5.74, 6) is 1.56. The highest BCUT2D eigenvalue weighted by Crippen LogP contribution is 2.36. The molecular weight excluding hydrogens is 282 g/mol. The summed E-state index contributed by atoms with van der Waals surface area (Å²) in [6.45, 7) is 0.528. The van der Waals surface area contributed by atoms with Gasteiger partial charge in [0.1, 0.15) is 0 Å². The van der Waals surface area contributed by atoms with E-state index >= 15 is 0 Å². The van der Waals surface area contributed by atoms with Crippen molar-refractivity contribution in [1.82, 2.24) is 4.57 Å². The average Bonchev–Trinajstić information content (AvgIpc) is 2.88. The molecule has 0 aliphatic carbocycles. The zero-order valence-corrected chi connectivity index (χ0v) is 11.5. The summed E-state index contributed by atoms with van der Waals surface area (Å²) in [7, 11) is 1.47. The number of nitrogens with zero attached hydrogens (tertiary/aromatic N) is 1. The summed E-state index contributed by atoms with van der Waals surface area (Å²) in [5.41, 5.74) is 0.579. The topological polar surface area (TPSA) is 49.7 Å². The molecule has 0 saturated heterocycles. The van der Waals surface area contributed by atoms with Gasteiger partial charge in [-0.15, -0.1) is 0 Å². The van der Waals surface area contributed by atoms with Gasteiger partial charge in [0, 0.05) is 17.3 Å². The molecule has 0 amide bonds. The molecule has 104 valence electrons. The number of benzene rings is 1. The Hall–Kier alpha value is -2.14. The maximum absolute atomic E-state index is 12.1. The molecule has 0 N–H and O–H groups in total. The number of fused-ring (bicyclic) bond motifs is 1. The molecule has 2 aromatic rings. The summed E-state index contributed by atoms with van der Waals surface area (Å²) in [6, 6.07) is 6.86. The summed E-state index contributed by atoms with van der Waals surface area (Å²) in [4.78, 5) is 12.1. The summed E-state index contributed by atoms with van der Waals surface area (Å²) in [5, 5.41) is 0.531. The molecule has 2 heterocycles. The molecule has 0 radical (unpaired) electrons. The Morgan fingerprint density at radius 1 is 1.35 bits per heavy atom. The molecule has 1 aromatic carbocycles. The number of hydrogen-bond acceptors (Lipinski definition) is 4. The van der Waals surface area contributed by atoms with Crippen molar-refractivity contribution >= 4 is 11.6 Å². The Balaban J connectivity index is 1.98. The molecule has 3 rings (SSSR count). The monoisotopic (exact) mass is 293 g/mol. The van der Waals surface area contributed by atoms with E-state index in [9.17, 15) is 4.79 Å². The Kier molecular flexibility index (Phi) is 3.28. The number of halogens is 1. The van der Waals surface area contributed by atoms with Gasteiger partial charge in [0.2, 0.25) is 6.79 Å². The van der Waals surface area contributed by atoms with Crippen molar-refractivity contribution in [2.45, 2.75) is 6.54 Å². The van der Waals surface area contributed by atoms with Crippen molar-refractivity contribution in [1.29, 1.82) is 0 Å². The van der Waals surface area contributed by atoms with Crippen LogP contribution < -0.4 is 19.8 Å². The third-order valence-corrected chi connectivity index (χ3v) is 3.44. The number of methoxy groups -OCH3 is 1. The van der Waals surface area contributed by atoms with Gasteiger partial charge in [0.15, 0.2) is 17.2 Å². The van der Waals surface area contributed by atoms with E-state index in [0.717, 1.165) is 5.56 Å². The lowest BCUT2D eigenvalue weighted by molar-refractivity contribution is 0.174. The number of hydrogen-bond donors (Lipinski definition) is 0. The van der Waals surface area contributed by atoms with E-state index in [1.165, 1.54) is 11.7 Å². The molecule has 1 aliphatic rings. The summed E-state index contributed by atoms with van der Waals surface area (Å²) in [6.07, 6.45) is 1.69. The molecule has 20 heavy (non-hydrogen) atoms. The summed E-state index contributed by atoms with van der Waals surface area (Å²) < 4.78 is 17.1. The van der Waals surface area contributed by atoms with Gasteiger partial charge >= 0.3 is 0 Å². The van der Waals surface area contributed by atoms with Gasteiger partial charge in [0.05, 0.1) is 13.7 Å². The maximum atomic E-state index is 12.1. The van der Waals surface area contributed by atoms with Crippen LogP contribution in [0.1, 0.15) is 5.56 Å². The van der Waals surface area contributed by atoms with E-state index in [4.69, 9.17) is 25.8 Å². The Morgan fingerprint density at radius 2 is 2.10 bits per heavy atom. The van der Waals surface area contributed by atoms with Gasteiger partial charge in [-0.3, -0.25) is 4.79 Å². The van der Waals surface area contributed by atoms with Crippen LogP contribution in [0.25, 0.3) is 0 Å².